The topological polar surface area (TPSA) is 124 Å². The molecule has 28 heavy (non-hydrogen) atoms. The highest BCUT2D eigenvalue weighted by molar-refractivity contribution is 7.89. The molecule has 3 rings (SSSR count). The van der Waals surface area contributed by atoms with Gasteiger partial charge in [-0.05, 0) is 24.1 Å². The molecule has 0 amide bonds. The fourth-order valence-electron chi connectivity index (χ4n) is 2.71. The maximum atomic E-state index is 12.8. The van der Waals surface area contributed by atoms with E-state index in [0.29, 0.717) is 17.7 Å². The highest BCUT2D eigenvalue weighted by Crippen LogP contribution is 2.25. The summed E-state index contributed by atoms with van der Waals surface area (Å²) in [5.41, 5.74) is 1.87. The first kappa shape index (κ1) is 20.2. The molecule has 0 aliphatic carbocycles. The molecule has 0 fully saturated rings. The van der Waals surface area contributed by atoms with Gasteiger partial charge in [0, 0.05) is 25.4 Å². The number of rotatable bonds is 7. The highest BCUT2D eigenvalue weighted by atomic mass is 32.2. The lowest BCUT2D eigenvalue weighted by Gasteiger charge is -2.07. The van der Waals surface area contributed by atoms with Crippen molar-refractivity contribution in [2.75, 3.05) is 6.54 Å². The van der Waals surface area contributed by atoms with Gasteiger partial charge in [0.2, 0.25) is 20.0 Å². The number of aromatic nitrogens is 2. The number of nitrogens with two attached hydrogens (primary N) is 1. The third-order valence-corrected chi connectivity index (χ3v) is 6.48. The molecule has 0 spiro atoms. The summed E-state index contributed by atoms with van der Waals surface area (Å²) in [6.45, 7) is 0.153. The largest absolute Gasteiger partial charge is 0.274 e. The molecule has 1 heterocycles. The Morgan fingerprint density at radius 3 is 2.25 bits per heavy atom. The summed E-state index contributed by atoms with van der Waals surface area (Å²) >= 11 is 0. The molecule has 0 bridgehead atoms. The zero-order valence-electron chi connectivity index (χ0n) is 15.1. The van der Waals surface area contributed by atoms with Gasteiger partial charge in [0.1, 0.15) is 10.6 Å². The van der Waals surface area contributed by atoms with Crippen molar-refractivity contribution in [3.8, 4) is 11.3 Å². The average molecular weight is 421 g/mol. The van der Waals surface area contributed by atoms with E-state index in [4.69, 9.17) is 5.14 Å². The van der Waals surface area contributed by atoms with Crippen molar-refractivity contribution in [2.24, 2.45) is 12.2 Å². The fraction of sp³-hybridized carbons (Fsp3) is 0.167. The van der Waals surface area contributed by atoms with E-state index in [1.54, 1.807) is 31.3 Å². The van der Waals surface area contributed by atoms with Gasteiger partial charge < -0.3 is 0 Å². The quantitative estimate of drug-likeness (QED) is 0.595. The fourth-order valence-corrected chi connectivity index (χ4v) is 4.46. The smallest absolute Gasteiger partial charge is 0.244 e. The van der Waals surface area contributed by atoms with Gasteiger partial charge in [0.15, 0.2) is 0 Å². The Balaban J connectivity index is 1.73. The van der Waals surface area contributed by atoms with E-state index >= 15 is 0 Å². The SMILES string of the molecule is Cn1cc(S(=O)(=O)NCCc2ccc(S(N)(=O)=O)cc2)c(-c2ccccc2)n1. The minimum atomic E-state index is -3.77. The third kappa shape index (κ3) is 4.65. The third-order valence-electron chi connectivity index (χ3n) is 4.09. The number of nitrogens with one attached hydrogen (secondary N) is 1. The van der Waals surface area contributed by atoms with Gasteiger partial charge in [-0.25, -0.2) is 26.7 Å². The Hall–Kier alpha value is -2.53. The summed E-state index contributed by atoms with van der Waals surface area (Å²) in [7, 11) is -5.85. The number of hydrogen-bond acceptors (Lipinski definition) is 5. The van der Waals surface area contributed by atoms with Crippen LogP contribution in [0.5, 0.6) is 0 Å². The molecular weight excluding hydrogens is 400 g/mol. The maximum absolute atomic E-state index is 12.8. The monoisotopic (exact) mass is 420 g/mol. The minimum absolute atomic E-state index is 0.0136. The van der Waals surface area contributed by atoms with Crippen LogP contribution in [0.1, 0.15) is 5.56 Å². The lowest BCUT2D eigenvalue weighted by molar-refractivity contribution is 0.581. The number of benzene rings is 2. The van der Waals surface area contributed by atoms with Crippen molar-refractivity contribution >= 4 is 20.0 Å². The molecule has 2 aromatic carbocycles. The second-order valence-electron chi connectivity index (χ2n) is 6.22. The molecular formula is C18H20N4O4S2. The second kappa shape index (κ2) is 7.84. The first-order valence-corrected chi connectivity index (χ1v) is 11.4. The molecule has 0 saturated heterocycles. The van der Waals surface area contributed by atoms with E-state index in [1.807, 2.05) is 18.2 Å². The summed E-state index contributed by atoms with van der Waals surface area (Å²) in [4.78, 5) is 0.116. The van der Waals surface area contributed by atoms with Crippen LogP contribution in [0.15, 0.2) is 70.6 Å². The molecule has 0 unspecified atom stereocenters. The molecule has 0 aliphatic rings. The number of hydrogen-bond donors (Lipinski definition) is 2. The summed E-state index contributed by atoms with van der Waals surface area (Å²) in [6, 6.07) is 15.1. The number of aryl methyl sites for hydroxylation is 1. The predicted molar refractivity (Wildman–Crippen MR) is 105 cm³/mol. The molecule has 148 valence electrons. The van der Waals surface area contributed by atoms with Gasteiger partial charge in [-0.3, -0.25) is 4.68 Å². The van der Waals surface area contributed by atoms with E-state index in [0.717, 1.165) is 5.56 Å². The van der Waals surface area contributed by atoms with Gasteiger partial charge in [0.25, 0.3) is 0 Å². The van der Waals surface area contributed by atoms with Crippen molar-refractivity contribution in [3.63, 3.8) is 0 Å². The van der Waals surface area contributed by atoms with Crippen LogP contribution in [0.4, 0.5) is 0 Å². The molecule has 0 radical (unpaired) electrons. The van der Waals surface area contributed by atoms with Gasteiger partial charge >= 0.3 is 0 Å². The van der Waals surface area contributed by atoms with Crippen LogP contribution in [-0.4, -0.2) is 33.2 Å². The average Bonchev–Trinajstić information content (AvgIpc) is 3.05. The van der Waals surface area contributed by atoms with Gasteiger partial charge in [-0.2, -0.15) is 5.10 Å². The molecule has 3 aromatic rings. The number of sulfonamides is 2. The van der Waals surface area contributed by atoms with E-state index in [9.17, 15) is 16.8 Å². The lowest BCUT2D eigenvalue weighted by Crippen LogP contribution is -2.26. The van der Waals surface area contributed by atoms with E-state index in [2.05, 4.69) is 9.82 Å². The van der Waals surface area contributed by atoms with Crippen molar-refractivity contribution in [3.05, 3.63) is 66.4 Å². The van der Waals surface area contributed by atoms with Gasteiger partial charge in [-0.1, -0.05) is 42.5 Å². The van der Waals surface area contributed by atoms with Crippen LogP contribution < -0.4 is 9.86 Å². The van der Waals surface area contributed by atoms with Gasteiger partial charge in [-0.15, -0.1) is 0 Å². The Morgan fingerprint density at radius 1 is 1.00 bits per heavy atom. The molecule has 0 aliphatic heterocycles. The van der Waals surface area contributed by atoms with E-state index in [-0.39, 0.29) is 16.3 Å². The van der Waals surface area contributed by atoms with Crippen LogP contribution in [0.25, 0.3) is 11.3 Å². The van der Waals surface area contributed by atoms with Crippen LogP contribution in [-0.2, 0) is 33.5 Å². The Bertz CT molecular complexity index is 1170. The normalized spacial score (nSPS) is 12.2. The zero-order chi connectivity index (χ0) is 20.4. The highest BCUT2D eigenvalue weighted by Gasteiger charge is 2.22. The Labute approximate surface area is 164 Å². The summed E-state index contributed by atoms with van der Waals surface area (Å²) < 4.78 is 52.1. The minimum Gasteiger partial charge on any atom is -0.274 e. The predicted octanol–water partition coefficient (Wildman–Crippen LogP) is 1.26. The molecule has 8 nitrogen and oxygen atoms in total. The summed E-state index contributed by atoms with van der Waals surface area (Å²) in [6.07, 6.45) is 1.86. The summed E-state index contributed by atoms with van der Waals surface area (Å²) in [5, 5.41) is 9.34. The van der Waals surface area contributed by atoms with E-state index < -0.39 is 20.0 Å². The molecule has 0 saturated carbocycles. The van der Waals surface area contributed by atoms with Crippen molar-refractivity contribution < 1.29 is 16.8 Å². The standard InChI is InChI=1S/C18H20N4O4S2/c1-22-13-17(18(21-22)15-5-3-2-4-6-15)28(25,26)20-12-11-14-7-9-16(10-8-14)27(19,23)24/h2-10,13,20H,11-12H2,1H3,(H2,19,23,24). The van der Waals surface area contributed by atoms with Gasteiger partial charge in [0.05, 0.1) is 4.90 Å². The Morgan fingerprint density at radius 2 is 1.64 bits per heavy atom. The molecule has 3 N–H and O–H groups in total. The van der Waals surface area contributed by atoms with Crippen LogP contribution in [0.3, 0.4) is 0 Å². The van der Waals surface area contributed by atoms with Crippen LogP contribution >= 0.6 is 0 Å². The number of primary sulfonamides is 1. The van der Waals surface area contributed by atoms with Crippen LogP contribution in [0, 0.1) is 0 Å². The first-order valence-electron chi connectivity index (χ1n) is 8.37. The Kier molecular flexibility index (Phi) is 5.66. The van der Waals surface area contributed by atoms with Crippen molar-refractivity contribution in [2.45, 2.75) is 16.2 Å². The zero-order valence-corrected chi connectivity index (χ0v) is 16.7. The van der Waals surface area contributed by atoms with Crippen molar-refractivity contribution in [1.82, 2.24) is 14.5 Å². The first-order chi connectivity index (χ1) is 13.2. The van der Waals surface area contributed by atoms with Crippen LogP contribution in [0.2, 0.25) is 0 Å². The lowest BCUT2D eigenvalue weighted by atomic mass is 10.2. The molecule has 1 aromatic heterocycles. The van der Waals surface area contributed by atoms with Crippen molar-refractivity contribution in [1.29, 1.82) is 0 Å². The molecule has 10 heteroatoms. The molecule has 0 atom stereocenters. The second-order valence-corrected chi connectivity index (χ2v) is 9.52. The summed E-state index contributed by atoms with van der Waals surface area (Å²) in [5.74, 6) is 0. The number of nitrogens with zero attached hydrogens (tertiary/aromatic N) is 2. The maximum Gasteiger partial charge on any atom is 0.244 e. The van der Waals surface area contributed by atoms with E-state index in [1.165, 1.54) is 23.0 Å².